The molecule has 2 aromatic heterocycles. The van der Waals surface area contributed by atoms with Crippen molar-refractivity contribution in [2.45, 2.75) is 0 Å². The normalized spacial score (nSPS) is 10.3. The minimum Gasteiger partial charge on any atom is -0.382 e. The highest BCUT2D eigenvalue weighted by molar-refractivity contribution is 6.32. The molecule has 2 heterocycles. The molecule has 76 valence electrons. The molecule has 15 heavy (non-hydrogen) atoms. The van der Waals surface area contributed by atoms with Gasteiger partial charge in [-0.15, -0.1) is 10.2 Å². The highest BCUT2D eigenvalue weighted by Gasteiger charge is 2.03. The van der Waals surface area contributed by atoms with Crippen LogP contribution in [-0.4, -0.2) is 15.2 Å². The molecule has 0 saturated carbocycles. The average molecular weight is 241 g/mol. The van der Waals surface area contributed by atoms with Crippen LogP contribution in [0.3, 0.4) is 0 Å². The SMILES string of the molecule is Nc1ccc(-c2cc(Cl)nc(Cl)c2)nn1. The van der Waals surface area contributed by atoms with Crippen LogP contribution < -0.4 is 5.73 Å². The summed E-state index contributed by atoms with van der Waals surface area (Å²) in [6.07, 6.45) is 0. The van der Waals surface area contributed by atoms with Crippen molar-refractivity contribution in [3.8, 4) is 11.3 Å². The maximum Gasteiger partial charge on any atom is 0.146 e. The first-order valence-corrected chi connectivity index (χ1v) is 4.83. The van der Waals surface area contributed by atoms with Crippen molar-refractivity contribution in [1.82, 2.24) is 15.2 Å². The van der Waals surface area contributed by atoms with E-state index in [4.69, 9.17) is 28.9 Å². The lowest BCUT2D eigenvalue weighted by Crippen LogP contribution is -1.94. The van der Waals surface area contributed by atoms with Gasteiger partial charge in [0.15, 0.2) is 0 Å². The van der Waals surface area contributed by atoms with Gasteiger partial charge in [0, 0.05) is 5.56 Å². The average Bonchev–Trinajstić information content (AvgIpc) is 2.17. The Kier molecular flexibility index (Phi) is 2.70. The molecule has 0 bridgehead atoms. The van der Waals surface area contributed by atoms with Gasteiger partial charge in [-0.1, -0.05) is 23.2 Å². The quantitative estimate of drug-likeness (QED) is 0.778. The van der Waals surface area contributed by atoms with Crippen LogP contribution in [-0.2, 0) is 0 Å². The fraction of sp³-hybridized carbons (Fsp3) is 0. The highest BCUT2D eigenvalue weighted by atomic mass is 35.5. The summed E-state index contributed by atoms with van der Waals surface area (Å²) in [5.74, 6) is 0.366. The molecule has 6 heteroatoms. The summed E-state index contributed by atoms with van der Waals surface area (Å²) in [6.45, 7) is 0. The van der Waals surface area contributed by atoms with E-state index >= 15 is 0 Å². The number of rotatable bonds is 1. The molecule has 0 amide bonds. The van der Waals surface area contributed by atoms with Gasteiger partial charge in [-0.2, -0.15) is 0 Å². The van der Waals surface area contributed by atoms with E-state index in [0.717, 1.165) is 5.56 Å². The second-order valence-electron chi connectivity index (χ2n) is 2.84. The molecule has 2 N–H and O–H groups in total. The van der Waals surface area contributed by atoms with Crippen molar-refractivity contribution in [3.63, 3.8) is 0 Å². The highest BCUT2D eigenvalue weighted by Crippen LogP contribution is 2.22. The molecular weight excluding hydrogens is 235 g/mol. The van der Waals surface area contributed by atoms with Crippen molar-refractivity contribution in [1.29, 1.82) is 0 Å². The lowest BCUT2D eigenvalue weighted by atomic mass is 10.2. The van der Waals surface area contributed by atoms with E-state index < -0.39 is 0 Å². The minimum absolute atomic E-state index is 0.316. The number of aromatic nitrogens is 3. The van der Waals surface area contributed by atoms with Crippen LogP contribution in [0.4, 0.5) is 5.82 Å². The second-order valence-corrected chi connectivity index (χ2v) is 3.62. The topological polar surface area (TPSA) is 64.7 Å². The lowest BCUT2D eigenvalue weighted by molar-refractivity contribution is 1.05. The van der Waals surface area contributed by atoms with Crippen LogP contribution in [0.2, 0.25) is 10.3 Å². The first kappa shape index (κ1) is 10.1. The molecule has 0 aromatic carbocycles. The van der Waals surface area contributed by atoms with Crippen LogP contribution in [0.15, 0.2) is 24.3 Å². The predicted molar refractivity (Wildman–Crippen MR) is 59.7 cm³/mol. The minimum atomic E-state index is 0.316. The van der Waals surface area contributed by atoms with Crippen molar-refractivity contribution in [3.05, 3.63) is 34.6 Å². The van der Waals surface area contributed by atoms with Gasteiger partial charge in [0.25, 0.3) is 0 Å². The first-order chi connectivity index (χ1) is 7.15. The standard InChI is InChI=1S/C9H6Cl2N4/c10-7-3-5(4-8(11)13-7)6-1-2-9(12)15-14-6/h1-4H,(H2,12,15). The number of hydrogen-bond donors (Lipinski definition) is 1. The molecule has 0 atom stereocenters. The van der Waals surface area contributed by atoms with Gasteiger partial charge >= 0.3 is 0 Å². The molecule has 0 aliphatic rings. The zero-order chi connectivity index (χ0) is 10.8. The fourth-order valence-corrected chi connectivity index (χ4v) is 1.57. The van der Waals surface area contributed by atoms with E-state index in [1.54, 1.807) is 24.3 Å². The first-order valence-electron chi connectivity index (χ1n) is 4.08. The molecule has 4 nitrogen and oxygen atoms in total. The Morgan fingerprint density at radius 1 is 1.00 bits per heavy atom. The summed E-state index contributed by atoms with van der Waals surface area (Å²) in [7, 11) is 0. The Morgan fingerprint density at radius 3 is 2.20 bits per heavy atom. The number of nitrogens with zero attached hydrogens (tertiary/aromatic N) is 3. The van der Waals surface area contributed by atoms with Crippen molar-refractivity contribution >= 4 is 29.0 Å². The van der Waals surface area contributed by atoms with Gasteiger partial charge in [-0.05, 0) is 24.3 Å². The Bertz CT molecular complexity index is 464. The van der Waals surface area contributed by atoms with Crippen LogP contribution in [0.25, 0.3) is 11.3 Å². The third kappa shape index (κ3) is 2.34. The number of nitrogen functional groups attached to an aromatic ring is 1. The molecular formula is C9H6Cl2N4. The molecule has 0 aliphatic heterocycles. The van der Waals surface area contributed by atoms with Gasteiger partial charge in [0.2, 0.25) is 0 Å². The molecule has 2 rings (SSSR count). The Balaban J connectivity index is 2.49. The molecule has 0 unspecified atom stereocenters. The fourth-order valence-electron chi connectivity index (χ4n) is 1.11. The molecule has 0 radical (unpaired) electrons. The van der Waals surface area contributed by atoms with Crippen LogP contribution in [0.5, 0.6) is 0 Å². The van der Waals surface area contributed by atoms with Crippen LogP contribution in [0, 0.1) is 0 Å². The summed E-state index contributed by atoms with van der Waals surface area (Å²) >= 11 is 11.5. The third-order valence-corrected chi connectivity index (χ3v) is 2.13. The van der Waals surface area contributed by atoms with Crippen molar-refractivity contribution in [2.75, 3.05) is 5.73 Å². The van der Waals surface area contributed by atoms with Gasteiger partial charge in [-0.3, -0.25) is 0 Å². The van der Waals surface area contributed by atoms with E-state index in [0.29, 0.717) is 21.8 Å². The molecule has 0 spiro atoms. The number of pyridine rings is 1. The molecule has 0 fully saturated rings. The summed E-state index contributed by atoms with van der Waals surface area (Å²) in [6, 6.07) is 6.72. The van der Waals surface area contributed by atoms with Crippen LogP contribution in [0.1, 0.15) is 0 Å². The number of nitrogens with two attached hydrogens (primary N) is 1. The van der Waals surface area contributed by atoms with E-state index in [2.05, 4.69) is 15.2 Å². The van der Waals surface area contributed by atoms with E-state index in [1.165, 1.54) is 0 Å². The second kappa shape index (κ2) is 4.00. The van der Waals surface area contributed by atoms with Gasteiger partial charge in [0.1, 0.15) is 16.1 Å². The predicted octanol–water partition coefficient (Wildman–Crippen LogP) is 2.43. The van der Waals surface area contributed by atoms with E-state index in [-0.39, 0.29) is 0 Å². The lowest BCUT2D eigenvalue weighted by Gasteiger charge is -2.01. The largest absolute Gasteiger partial charge is 0.382 e. The maximum absolute atomic E-state index is 5.76. The summed E-state index contributed by atoms with van der Waals surface area (Å²) in [5, 5.41) is 8.28. The van der Waals surface area contributed by atoms with Gasteiger partial charge in [-0.25, -0.2) is 4.98 Å². The maximum atomic E-state index is 5.76. The number of anilines is 1. The van der Waals surface area contributed by atoms with Gasteiger partial charge in [0.05, 0.1) is 5.69 Å². The number of hydrogen-bond acceptors (Lipinski definition) is 4. The number of halogens is 2. The van der Waals surface area contributed by atoms with E-state index in [1.807, 2.05) is 0 Å². The molecule has 0 saturated heterocycles. The van der Waals surface area contributed by atoms with Crippen LogP contribution >= 0.6 is 23.2 Å². The summed E-state index contributed by atoms with van der Waals surface area (Å²) in [4.78, 5) is 3.84. The molecule has 2 aromatic rings. The Labute approximate surface area is 96.1 Å². The zero-order valence-corrected chi connectivity index (χ0v) is 9.00. The van der Waals surface area contributed by atoms with E-state index in [9.17, 15) is 0 Å². The summed E-state index contributed by atoms with van der Waals surface area (Å²) < 4.78 is 0. The monoisotopic (exact) mass is 240 g/mol. The summed E-state index contributed by atoms with van der Waals surface area (Å²) in [5.41, 5.74) is 6.83. The molecule has 0 aliphatic carbocycles. The Hall–Kier alpha value is -1.39. The van der Waals surface area contributed by atoms with Crippen molar-refractivity contribution in [2.24, 2.45) is 0 Å². The van der Waals surface area contributed by atoms with Gasteiger partial charge < -0.3 is 5.73 Å². The Morgan fingerprint density at radius 2 is 1.67 bits per heavy atom. The van der Waals surface area contributed by atoms with Crippen molar-refractivity contribution < 1.29 is 0 Å². The third-order valence-electron chi connectivity index (χ3n) is 1.74. The smallest absolute Gasteiger partial charge is 0.146 e. The zero-order valence-electron chi connectivity index (χ0n) is 7.48.